The molecule has 0 saturated carbocycles. The fourth-order valence-corrected chi connectivity index (χ4v) is 3.41. The first-order valence-corrected chi connectivity index (χ1v) is 12.2. The molecule has 1 atom stereocenters. The summed E-state index contributed by atoms with van der Waals surface area (Å²) in [5.74, 6) is -1.64. The highest BCUT2D eigenvalue weighted by Gasteiger charge is 2.21. The second kappa shape index (κ2) is 13.9. The molecule has 2 aromatic heterocycles. The van der Waals surface area contributed by atoms with Crippen molar-refractivity contribution in [2.24, 2.45) is 0 Å². The number of carboxylic acid groups (broad SMARTS) is 1. The number of hydrogen-bond acceptors (Lipinski definition) is 11. The number of nitrogens with zero attached hydrogens (tertiary/aromatic N) is 3. The van der Waals surface area contributed by atoms with E-state index in [-0.39, 0.29) is 48.0 Å². The molecule has 38 heavy (non-hydrogen) atoms. The molecule has 0 spiro atoms. The summed E-state index contributed by atoms with van der Waals surface area (Å²) < 4.78 is 5.20. The van der Waals surface area contributed by atoms with Gasteiger partial charge in [0.25, 0.3) is 11.5 Å². The minimum Gasteiger partial charge on any atom is -0.480 e. The number of ether oxygens (including phenoxy) is 1. The van der Waals surface area contributed by atoms with E-state index in [1.165, 1.54) is 18.3 Å². The van der Waals surface area contributed by atoms with Gasteiger partial charge in [0, 0.05) is 30.0 Å². The molecule has 0 saturated heterocycles. The average molecular weight is 545 g/mol. The van der Waals surface area contributed by atoms with Crippen molar-refractivity contribution in [1.82, 2.24) is 30.6 Å². The van der Waals surface area contributed by atoms with Crippen LogP contribution in [0.2, 0.25) is 0 Å². The number of nitrogen functional groups attached to an aromatic ring is 1. The molecule has 0 aliphatic heterocycles. The maximum absolute atomic E-state index is 12.6. The Morgan fingerprint density at radius 1 is 1.16 bits per heavy atom. The van der Waals surface area contributed by atoms with E-state index in [2.05, 4.69) is 48.5 Å². The topological polar surface area (TPSA) is 214 Å². The Bertz CT molecular complexity index is 1330. The zero-order valence-electron chi connectivity index (χ0n) is 20.3. The number of aromatic nitrogens is 4. The number of carbonyl (C=O) groups is 3. The lowest BCUT2D eigenvalue weighted by atomic mass is 10.1. The van der Waals surface area contributed by atoms with Crippen LogP contribution in [-0.2, 0) is 20.9 Å². The molecule has 0 aliphatic carbocycles. The lowest BCUT2D eigenvalue weighted by molar-refractivity contribution is -0.139. The molecule has 202 valence electrons. The summed E-state index contributed by atoms with van der Waals surface area (Å²) in [6.07, 6.45) is 1.33. The van der Waals surface area contributed by atoms with Crippen molar-refractivity contribution in [2.75, 3.05) is 36.6 Å². The molecule has 3 aromatic rings. The van der Waals surface area contributed by atoms with E-state index in [0.29, 0.717) is 36.9 Å². The SMILES string of the molecule is Nc1nc2ncc(CNc3ccc(C(=O)NC(CCC(=O)NCCOCCS)C(=O)O)cc3)nc2c(=O)[nH]1. The Hall–Kier alpha value is -4.24. The van der Waals surface area contributed by atoms with Crippen molar-refractivity contribution >= 4 is 53.2 Å². The first-order chi connectivity index (χ1) is 18.3. The highest BCUT2D eigenvalue weighted by molar-refractivity contribution is 7.80. The van der Waals surface area contributed by atoms with Crippen molar-refractivity contribution in [2.45, 2.75) is 25.4 Å². The number of nitrogens with one attached hydrogen (secondary N) is 4. The number of benzene rings is 1. The summed E-state index contributed by atoms with van der Waals surface area (Å²) in [6.45, 7) is 1.34. The number of anilines is 2. The number of H-pyrrole nitrogens is 1. The monoisotopic (exact) mass is 544 g/mol. The largest absolute Gasteiger partial charge is 0.480 e. The van der Waals surface area contributed by atoms with E-state index >= 15 is 0 Å². The van der Waals surface area contributed by atoms with Crippen LogP contribution in [0.4, 0.5) is 11.6 Å². The van der Waals surface area contributed by atoms with Gasteiger partial charge in [0.05, 0.1) is 31.6 Å². The number of amides is 2. The zero-order chi connectivity index (χ0) is 27.5. The number of carboxylic acids is 1. The minimum atomic E-state index is -1.24. The third kappa shape index (κ3) is 8.41. The second-order valence-electron chi connectivity index (χ2n) is 8.00. The van der Waals surface area contributed by atoms with Gasteiger partial charge in [0.1, 0.15) is 6.04 Å². The molecule has 1 aromatic carbocycles. The van der Waals surface area contributed by atoms with E-state index < -0.39 is 23.5 Å². The predicted molar refractivity (Wildman–Crippen MR) is 142 cm³/mol. The fraction of sp³-hybridized carbons (Fsp3) is 0.348. The van der Waals surface area contributed by atoms with E-state index in [1.807, 2.05) is 0 Å². The van der Waals surface area contributed by atoms with Gasteiger partial charge >= 0.3 is 5.97 Å². The number of fused-ring (bicyclic) bond motifs is 1. The van der Waals surface area contributed by atoms with Gasteiger partial charge in [-0.3, -0.25) is 19.4 Å². The van der Waals surface area contributed by atoms with Crippen LogP contribution in [0.5, 0.6) is 0 Å². The molecule has 3 rings (SSSR count). The van der Waals surface area contributed by atoms with Crippen LogP contribution in [0.3, 0.4) is 0 Å². The van der Waals surface area contributed by atoms with Gasteiger partial charge in [-0.25, -0.2) is 14.8 Å². The lowest BCUT2D eigenvalue weighted by Gasteiger charge is -2.15. The van der Waals surface area contributed by atoms with Crippen molar-refractivity contribution < 1.29 is 24.2 Å². The Morgan fingerprint density at radius 3 is 2.63 bits per heavy atom. The van der Waals surface area contributed by atoms with Gasteiger partial charge in [-0.2, -0.15) is 17.6 Å². The molecule has 7 N–H and O–H groups in total. The first-order valence-electron chi connectivity index (χ1n) is 11.6. The number of nitrogens with two attached hydrogens (primary N) is 1. The van der Waals surface area contributed by atoms with E-state index in [0.717, 1.165) is 0 Å². The number of aromatic amines is 1. The molecule has 14 nitrogen and oxygen atoms in total. The highest BCUT2D eigenvalue weighted by Crippen LogP contribution is 2.12. The van der Waals surface area contributed by atoms with Crippen LogP contribution in [0.15, 0.2) is 35.3 Å². The molecular formula is C23H28N8O6S. The molecule has 1 unspecified atom stereocenters. The van der Waals surface area contributed by atoms with Gasteiger partial charge in [-0.15, -0.1) is 0 Å². The third-order valence-corrected chi connectivity index (χ3v) is 5.36. The molecule has 0 radical (unpaired) electrons. The van der Waals surface area contributed by atoms with Crippen LogP contribution < -0.4 is 27.2 Å². The first kappa shape index (κ1) is 28.3. The molecular weight excluding hydrogens is 516 g/mol. The second-order valence-corrected chi connectivity index (χ2v) is 8.45. The third-order valence-electron chi connectivity index (χ3n) is 5.17. The average Bonchev–Trinajstić information content (AvgIpc) is 2.89. The van der Waals surface area contributed by atoms with Gasteiger partial charge < -0.3 is 31.5 Å². The zero-order valence-corrected chi connectivity index (χ0v) is 21.2. The lowest BCUT2D eigenvalue weighted by Crippen LogP contribution is -2.41. The standard InChI is InChI=1S/C23H28N8O6S/c24-23-30-19-18(21(34)31-23)28-15(12-27-19)11-26-14-3-1-13(2-4-14)20(33)29-16(22(35)36)5-6-17(32)25-7-8-37-9-10-38/h1-4,12,16,26,38H,5-11H2,(H,25,32)(H,29,33)(H,35,36)(H3,24,27,30,31,34). The van der Waals surface area contributed by atoms with Gasteiger partial charge in [0.15, 0.2) is 11.2 Å². The van der Waals surface area contributed by atoms with Crippen molar-refractivity contribution in [3.63, 3.8) is 0 Å². The molecule has 0 bridgehead atoms. The van der Waals surface area contributed by atoms with E-state index in [1.54, 1.807) is 12.1 Å². The molecule has 2 amide bonds. The minimum absolute atomic E-state index is 0.0476. The fourth-order valence-electron chi connectivity index (χ4n) is 3.28. The van der Waals surface area contributed by atoms with Crippen molar-refractivity contribution in [1.29, 1.82) is 0 Å². The van der Waals surface area contributed by atoms with Crippen LogP contribution in [-0.4, -0.2) is 74.4 Å². The number of rotatable bonds is 14. The Labute approximate surface area is 222 Å². The van der Waals surface area contributed by atoms with Crippen LogP contribution in [0.25, 0.3) is 11.2 Å². The number of hydrogen-bond donors (Lipinski definition) is 7. The van der Waals surface area contributed by atoms with Crippen molar-refractivity contribution in [3.8, 4) is 0 Å². The van der Waals surface area contributed by atoms with E-state index in [9.17, 15) is 24.3 Å². The van der Waals surface area contributed by atoms with Gasteiger partial charge in [-0.1, -0.05) is 0 Å². The summed E-state index contributed by atoms with van der Waals surface area (Å²) in [4.78, 5) is 62.7. The highest BCUT2D eigenvalue weighted by atomic mass is 32.1. The van der Waals surface area contributed by atoms with Gasteiger partial charge in [-0.05, 0) is 30.7 Å². The van der Waals surface area contributed by atoms with Crippen LogP contribution in [0, 0.1) is 0 Å². The smallest absolute Gasteiger partial charge is 0.326 e. The number of thiol groups is 1. The van der Waals surface area contributed by atoms with Crippen LogP contribution in [0.1, 0.15) is 28.9 Å². The summed E-state index contributed by atoms with van der Waals surface area (Å²) >= 11 is 4.01. The van der Waals surface area contributed by atoms with Crippen molar-refractivity contribution in [3.05, 3.63) is 52.1 Å². The summed E-state index contributed by atoms with van der Waals surface area (Å²) in [5, 5.41) is 17.6. The molecule has 15 heteroatoms. The summed E-state index contributed by atoms with van der Waals surface area (Å²) in [5.41, 5.74) is 6.59. The Morgan fingerprint density at radius 2 is 1.92 bits per heavy atom. The van der Waals surface area contributed by atoms with Gasteiger partial charge in [0.2, 0.25) is 11.9 Å². The molecule has 0 fully saturated rings. The molecule has 0 aliphatic rings. The Kier molecular flexibility index (Phi) is 10.4. The summed E-state index contributed by atoms with van der Waals surface area (Å²) in [7, 11) is 0. The summed E-state index contributed by atoms with van der Waals surface area (Å²) in [6, 6.07) is 5.09. The number of carbonyl (C=O) groups excluding carboxylic acids is 2. The Balaban J connectivity index is 1.50. The quantitative estimate of drug-likeness (QED) is 0.105. The predicted octanol–water partition coefficient (Wildman–Crippen LogP) is -0.0668. The number of aliphatic carboxylic acids is 1. The maximum Gasteiger partial charge on any atom is 0.326 e. The maximum atomic E-state index is 12.6. The molecule has 2 heterocycles. The van der Waals surface area contributed by atoms with Crippen LogP contribution >= 0.6 is 12.6 Å². The van der Waals surface area contributed by atoms with E-state index in [4.69, 9.17) is 10.5 Å². The normalized spacial score (nSPS) is 11.6.